The van der Waals surface area contributed by atoms with Gasteiger partial charge >= 0.3 is 0 Å². The van der Waals surface area contributed by atoms with Gasteiger partial charge in [-0.3, -0.25) is 19.7 Å². The lowest BCUT2D eigenvalue weighted by atomic mass is 9.76. The number of anilines is 2. The molecule has 4 unspecified atom stereocenters. The molecule has 0 radical (unpaired) electrons. The maximum atomic E-state index is 13.6. The molecule has 3 aliphatic heterocycles. The molecule has 2 N–H and O–H groups in total. The van der Waals surface area contributed by atoms with E-state index in [1.54, 1.807) is 24.3 Å². The van der Waals surface area contributed by atoms with E-state index >= 15 is 0 Å². The summed E-state index contributed by atoms with van der Waals surface area (Å²) in [5.41, 5.74) is 0.777. The number of carbonyl (C=O) groups excluding carboxylic acids is 3. The van der Waals surface area contributed by atoms with Crippen molar-refractivity contribution in [3.63, 3.8) is 0 Å². The quantitative estimate of drug-likeness (QED) is 0.790. The molecule has 2 saturated heterocycles. The van der Waals surface area contributed by atoms with Gasteiger partial charge in [0, 0.05) is 17.3 Å². The first kappa shape index (κ1) is 17.1. The first-order valence-electron chi connectivity index (χ1n) is 9.58. The van der Waals surface area contributed by atoms with Crippen LogP contribution in [0.5, 0.6) is 0 Å². The van der Waals surface area contributed by atoms with Gasteiger partial charge < -0.3 is 5.32 Å². The maximum Gasteiger partial charge on any atom is 0.250 e. The number of nitrogens with zero attached hydrogens (tertiary/aromatic N) is 1. The highest BCUT2D eigenvalue weighted by molar-refractivity contribution is 6.25. The van der Waals surface area contributed by atoms with Gasteiger partial charge in [-0.2, -0.15) is 0 Å². The number of amides is 3. The monoisotopic (exact) mass is 375 g/mol. The Bertz CT molecular complexity index is 1000. The molecular formula is C22H21N3O3. The van der Waals surface area contributed by atoms with Crippen LogP contribution in [0.3, 0.4) is 0 Å². The highest BCUT2D eigenvalue weighted by atomic mass is 16.2. The van der Waals surface area contributed by atoms with Crippen LogP contribution in [-0.4, -0.2) is 23.8 Å². The van der Waals surface area contributed by atoms with E-state index < -0.39 is 17.4 Å². The zero-order valence-electron chi connectivity index (χ0n) is 15.7. The molecule has 6 heteroatoms. The molecule has 5 rings (SSSR count). The maximum absolute atomic E-state index is 13.6. The summed E-state index contributed by atoms with van der Waals surface area (Å²) in [6, 6.07) is 16.1. The number of hydrogen-bond donors (Lipinski definition) is 2. The fourth-order valence-electron chi connectivity index (χ4n) is 5.10. The number of fused-ring (bicyclic) bond motifs is 4. The van der Waals surface area contributed by atoms with E-state index in [9.17, 15) is 14.4 Å². The molecule has 1 spiro atoms. The molecule has 142 valence electrons. The first-order valence-corrected chi connectivity index (χ1v) is 9.58. The Balaban J connectivity index is 1.70. The fourth-order valence-corrected chi connectivity index (χ4v) is 5.10. The van der Waals surface area contributed by atoms with Gasteiger partial charge in [0.15, 0.2) is 0 Å². The van der Waals surface area contributed by atoms with E-state index in [-0.39, 0.29) is 29.7 Å². The molecule has 0 bridgehead atoms. The van der Waals surface area contributed by atoms with Crippen LogP contribution in [0.4, 0.5) is 11.4 Å². The smallest absolute Gasteiger partial charge is 0.250 e. The van der Waals surface area contributed by atoms with Crippen LogP contribution in [-0.2, 0) is 19.9 Å². The SMILES string of the molecule is CC(C)C1NC2(C(=O)Nc3ccccc32)C2C(=O)N(c3ccccc3)C(=O)C12. The Labute approximate surface area is 162 Å². The van der Waals surface area contributed by atoms with Gasteiger partial charge in [-0.25, -0.2) is 4.90 Å². The molecule has 3 amide bonds. The minimum absolute atomic E-state index is 0.0833. The Morgan fingerprint density at radius 2 is 1.61 bits per heavy atom. The summed E-state index contributed by atoms with van der Waals surface area (Å²) in [5, 5.41) is 6.34. The molecule has 2 aromatic rings. The lowest BCUT2D eigenvalue weighted by Crippen LogP contribution is -2.54. The van der Waals surface area contributed by atoms with Gasteiger partial charge in [0.1, 0.15) is 5.54 Å². The zero-order chi connectivity index (χ0) is 19.6. The summed E-state index contributed by atoms with van der Waals surface area (Å²) in [6.07, 6.45) is 0. The van der Waals surface area contributed by atoms with Crippen LogP contribution in [0.1, 0.15) is 19.4 Å². The molecule has 2 aromatic carbocycles. The van der Waals surface area contributed by atoms with E-state index in [4.69, 9.17) is 0 Å². The van der Waals surface area contributed by atoms with E-state index in [0.29, 0.717) is 11.4 Å². The lowest BCUT2D eigenvalue weighted by Gasteiger charge is -2.30. The van der Waals surface area contributed by atoms with Gasteiger partial charge in [0.05, 0.1) is 17.5 Å². The van der Waals surface area contributed by atoms with Crippen molar-refractivity contribution in [2.75, 3.05) is 10.2 Å². The second kappa shape index (κ2) is 5.75. The summed E-state index contributed by atoms with van der Waals surface area (Å²) in [6.45, 7) is 4.02. The molecule has 0 saturated carbocycles. The molecule has 4 atom stereocenters. The Hall–Kier alpha value is -2.99. The number of nitrogens with one attached hydrogen (secondary N) is 2. The Morgan fingerprint density at radius 3 is 2.32 bits per heavy atom. The Morgan fingerprint density at radius 1 is 0.929 bits per heavy atom. The van der Waals surface area contributed by atoms with Gasteiger partial charge in [0.25, 0.3) is 0 Å². The van der Waals surface area contributed by atoms with Crippen molar-refractivity contribution in [2.24, 2.45) is 17.8 Å². The number of imide groups is 1. The van der Waals surface area contributed by atoms with Crippen LogP contribution in [0, 0.1) is 17.8 Å². The largest absolute Gasteiger partial charge is 0.324 e. The predicted molar refractivity (Wildman–Crippen MR) is 104 cm³/mol. The number of benzene rings is 2. The topological polar surface area (TPSA) is 78.5 Å². The van der Waals surface area contributed by atoms with Gasteiger partial charge in [-0.05, 0) is 24.1 Å². The number of carbonyl (C=O) groups is 3. The van der Waals surface area contributed by atoms with Crippen LogP contribution in [0.25, 0.3) is 0 Å². The fraction of sp³-hybridized carbons (Fsp3) is 0.318. The van der Waals surface area contributed by atoms with E-state index in [2.05, 4.69) is 10.6 Å². The van der Waals surface area contributed by atoms with Crippen molar-refractivity contribution in [1.82, 2.24) is 5.32 Å². The summed E-state index contributed by atoms with van der Waals surface area (Å²) < 4.78 is 0. The first-order chi connectivity index (χ1) is 13.5. The second-order valence-electron chi connectivity index (χ2n) is 8.07. The van der Waals surface area contributed by atoms with Gasteiger partial charge in [0.2, 0.25) is 17.7 Å². The van der Waals surface area contributed by atoms with Crippen molar-refractivity contribution in [1.29, 1.82) is 0 Å². The van der Waals surface area contributed by atoms with Crippen LogP contribution in [0.2, 0.25) is 0 Å². The van der Waals surface area contributed by atoms with Crippen molar-refractivity contribution < 1.29 is 14.4 Å². The van der Waals surface area contributed by atoms with E-state index in [0.717, 1.165) is 5.56 Å². The third-order valence-corrected chi connectivity index (χ3v) is 6.29. The van der Waals surface area contributed by atoms with Gasteiger partial charge in [-0.15, -0.1) is 0 Å². The number of hydrogen-bond acceptors (Lipinski definition) is 4. The Kier molecular flexibility index (Phi) is 3.52. The van der Waals surface area contributed by atoms with Crippen molar-refractivity contribution in [2.45, 2.75) is 25.4 Å². The molecule has 28 heavy (non-hydrogen) atoms. The average Bonchev–Trinajstić information content (AvgIpc) is 3.28. The number of rotatable bonds is 2. The van der Waals surface area contributed by atoms with E-state index in [1.165, 1.54) is 4.90 Å². The second-order valence-corrected chi connectivity index (χ2v) is 8.07. The molecule has 3 aliphatic rings. The summed E-state index contributed by atoms with van der Waals surface area (Å²) in [4.78, 5) is 41.4. The zero-order valence-corrected chi connectivity index (χ0v) is 15.7. The molecule has 3 heterocycles. The molecule has 6 nitrogen and oxygen atoms in total. The third kappa shape index (κ3) is 1.98. The summed E-state index contributed by atoms with van der Waals surface area (Å²) in [7, 11) is 0. The number of para-hydroxylation sites is 2. The normalized spacial score (nSPS) is 30.9. The molecule has 2 fully saturated rings. The van der Waals surface area contributed by atoms with Gasteiger partial charge in [-0.1, -0.05) is 50.2 Å². The van der Waals surface area contributed by atoms with E-state index in [1.807, 2.05) is 44.2 Å². The van der Waals surface area contributed by atoms with Crippen molar-refractivity contribution in [3.05, 3.63) is 60.2 Å². The van der Waals surface area contributed by atoms with Crippen LogP contribution < -0.4 is 15.5 Å². The summed E-state index contributed by atoms with van der Waals surface area (Å²) >= 11 is 0. The minimum atomic E-state index is -1.22. The molecule has 0 aromatic heterocycles. The highest BCUT2D eigenvalue weighted by Crippen LogP contribution is 2.54. The highest BCUT2D eigenvalue weighted by Gasteiger charge is 2.70. The molecule has 0 aliphatic carbocycles. The van der Waals surface area contributed by atoms with Crippen molar-refractivity contribution >= 4 is 29.1 Å². The molecular weight excluding hydrogens is 354 g/mol. The third-order valence-electron chi connectivity index (χ3n) is 6.29. The predicted octanol–water partition coefficient (Wildman–Crippen LogP) is 2.27. The average molecular weight is 375 g/mol. The standard InChI is InChI=1S/C22H21N3O3/c1-12(2)18-16-17(20(27)25(19(16)26)13-8-4-3-5-9-13)22(24-18)14-10-6-7-11-15(14)23-21(22)28/h3-12,16-18,24H,1-2H3,(H,23,28). The van der Waals surface area contributed by atoms with Crippen molar-refractivity contribution in [3.8, 4) is 0 Å². The lowest BCUT2D eigenvalue weighted by molar-refractivity contribution is -0.130. The van der Waals surface area contributed by atoms with Crippen LogP contribution >= 0.6 is 0 Å². The van der Waals surface area contributed by atoms with Crippen LogP contribution in [0.15, 0.2) is 54.6 Å². The summed E-state index contributed by atoms with van der Waals surface area (Å²) in [5.74, 6) is -2.08. The minimum Gasteiger partial charge on any atom is -0.324 e.